The fraction of sp³-hybridized carbons (Fsp3) is 0.381. The zero-order valence-corrected chi connectivity index (χ0v) is 15.9. The average Bonchev–Trinajstić information content (AvgIpc) is 3.49. The van der Waals surface area contributed by atoms with E-state index in [0.29, 0.717) is 41.4 Å². The second-order valence-corrected chi connectivity index (χ2v) is 7.04. The number of carbonyl (C=O) groups is 1. The van der Waals surface area contributed by atoms with Gasteiger partial charge in [0.1, 0.15) is 12.4 Å². The predicted octanol–water partition coefficient (Wildman–Crippen LogP) is 3.64. The molecule has 2 heterocycles. The van der Waals surface area contributed by atoms with Crippen molar-refractivity contribution < 1.29 is 14.1 Å². The van der Waals surface area contributed by atoms with Gasteiger partial charge >= 0.3 is 0 Å². The van der Waals surface area contributed by atoms with Crippen LogP contribution in [0.1, 0.15) is 53.8 Å². The third-order valence-corrected chi connectivity index (χ3v) is 4.76. The summed E-state index contributed by atoms with van der Waals surface area (Å²) in [5.74, 6) is 0.940. The van der Waals surface area contributed by atoms with E-state index < -0.39 is 0 Å². The number of aryl methyl sites for hydroxylation is 1. The molecule has 7 heteroatoms. The van der Waals surface area contributed by atoms with Crippen LogP contribution >= 0.6 is 0 Å². The molecule has 3 aromatic rings. The number of nitrogens with one attached hydrogen (secondary N) is 1. The van der Waals surface area contributed by atoms with Gasteiger partial charge in [0.05, 0.1) is 16.6 Å². The monoisotopic (exact) mass is 380 g/mol. The van der Waals surface area contributed by atoms with Crippen molar-refractivity contribution in [3.8, 4) is 5.75 Å². The van der Waals surface area contributed by atoms with E-state index in [9.17, 15) is 4.79 Å². The average molecular weight is 380 g/mol. The lowest BCUT2D eigenvalue weighted by atomic mass is 10.0. The molecular weight excluding hydrogens is 356 g/mol. The third-order valence-electron chi connectivity index (χ3n) is 4.76. The standard InChI is InChI=1S/C21H24N4O3/c1-2-3-17-19-16(12-18(13-4-5-13)24-21(19)28-25-17)20(26)23-14-6-8-15(9-7-14)27-11-10-22/h6-9,12-13H,2-5,10-11,22H2,1H3,(H,23,26). The van der Waals surface area contributed by atoms with Gasteiger partial charge < -0.3 is 20.3 Å². The van der Waals surface area contributed by atoms with Crippen LogP contribution in [0.4, 0.5) is 5.69 Å². The van der Waals surface area contributed by atoms with E-state index in [1.165, 1.54) is 0 Å². The molecule has 1 amide bonds. The summed E-state index contributed by atoms with van der Waals surface area (Å²) in [6, 6.07) is 9.13. The summed E-state index contributed by atoms with van der Waals surface area (Å²) in [6.45, 7) is 2.98. The summed E-state index contributed by atoms with van der Waals surface area (Å²) in [5, 5.41) is 7.83. The van der Waals surface area contributed by atoms with Crippen molar-refractivity contribution in [2.24, 2.45) is 5.73 Å². The third kappa shape index (κ3) is 3.84. The van der Waals surface area contributed by atoms with E-state index in [1.54, 1.807) is 0 Å². The molecule has 2 aromatic heterocycles. The Kier molecular flexibility index (Phi) is 5.25. The number of hydrogen-bond donors (Lipinski definition) is 2. The first-order chi connectivity index (χ1) is 13.7. The summed E-state index contributed by atoms with van der Waals surface area (Å²) in [7, 11) is 0. The molecule has 7 nitrogen and oxygen atoms in total. The highest BCUT2D eigenvalue weighted by molar-refractivity contribution is 6.12. The lowest BCUT2D eigenvalue weighted by Gasteiger charge is -2.09. The van der Waals surface area contributed by atoms with Crippen LogP contribution in [0.15, 0.2) is 34.9 Å². The Balaban J connectivity index is 1.63. The molecule has 146 valence electrons. The van der Waals surface area contributed by atoms with E-state index in [4.69, 9.17) is 15.0 Å². The van der Waals surface area contributed by atoms with Gasteiger partial charge in [-0.2, -0.15) is 0 Å². The number of carbonyl (C=O) groups excluding carboxylic acids is 1. The molecule has 1 saturated carbocycles. The van der Waals surface area contributed by atoms with Crippen LogP contribution in [-0.2, 0) is 6.42 Å². The molecule has 0 saturated heterocycles. The highest BCUT2D eigenvalue weighted by Gasteiger charge is 2.29. The highest BCUT2D eigenvalue weighted by Crippen LogP contribution is 2.40. The van der Waals surface area contributed by atoms with Crippen molar-refractivity contribution in [2.75, 3.05) is 18.5 Å². The quantitative estimate of drug-likeness (QED) is 0.618. The highest BCUT2D eigenvalue weighted by atomic mass is 16.5. The van der Waals surface area contributed by atoms with E-state index in [2.05, 4.69) is 22.4 Å². The van der Waals surface area contributed by atoms with Crippen LogP contribution in [0.2, 0.25) is 0 Å². The maximum atomic E-state index is 13.1. The van der Waals surface area contributed by atoms with Crippen molar-refractivity contribution in [1.29, 1.82) is 0 Å². The van der Waals surface area contributed by atoms with Gasteiger partial charge in [0.25, 0.3) is 11.6 Å². The van der Waals surface area contributed by atoms with Gasteiger partial charge in [-0.15, -0.1) is 0 Å². The van der Waals surface area contributed by atoms with E-state index in [-0.39, 0.29) is 5.91 Å². The van der Waals surface area contributed by atoms with E-state index in [1.807, 2.05) is 30.3 Å². The zero-order valence-electron chi connectivity index (χ0n) is 15.9. The lowest BCUT2D eigenvalue weighted by molar-refractivity contribution is 0.102. The number of nitrogens with zero attached hydrogens (tertiary/aromatic N) is 2. The minimum absolute atomic E-state index is 0.189. The summed E-state index contributed by atoms with van der Waals surface area (Å²) >= 11 is 0. The molecule has 1 aliphatic carbocycles. The van der Waals surface area contributed by atoms with Crippen molar-refractivity contribution in [3.05, 3.63) is 47.3 Å². The van der Waals surface area contributed by atoms with Gasteiger partial charge in [0.2, 0.25) is 0 Å². The summed E-state index contributed by atoms with van der Waals surface area (Å²) in [6.07, 6.45) is 3.85. The number of amides is 1. The summed E-state index contributed by atoms with van der Waals surface area (Å²) in [5.41, 5.74) is 8.84. The number of benzene rings is 1. The number of pyridine rings is 1. The van der Waals surface area contributed by atoms with Crippen LogP contribution in [-0.4, -0.2) is 29.2 Å². The first-order valence-electron chi connectivity index (χ1n) is 9.73. The molecule has 0 radical (unpaired) electrons. The fourth-order valence-electron chi connectivity index (χ4n) is 3.21. The minimum Gasteiger partial charge on any atom is -0.492 e. The first-order valence-corrected chi connectivity index (χ1v) is 9.73. The Morgan fingerprint density at radius 2 is 2.11 bits per heavy atom. The maximum absolute atomic E-state index is 13.1. The van der Waals surface area contributed by atoms with Crippen LogP contribution in [0.5, 0.6) is 5.75 Å². The van der Waals surface area contributed by atoms with E-state index in [0.717, 1.165) is 42.8 Å². The summed E-state index contributed by atoms with van der Waals surface area (Å²) in [4.78, 5) is 17.7. The molecule has 1 aromatic carbocycles. The van der Waals surface area contributed by atoms with Crippen molar-refractivity contribution >= 4 is 22.7 Å². The Labute approximate surface area is 163 Å². The molecule has 0 aliphatic heterocycles. The van der Waals surface area contributed by atoms with Crippen LogP contribution < -0.4 is 15.8 Å². The molecule has 0 bridgehead atoms. The van der Waals surface area contributed by atoms with Crippen LogP contribution in [0.3, 0.4) is 0 Å². The molecule has 1 fully saturated rings. The van der Waals surface area contributed by atoms with Gasteiger partial charge in [-0.3, -0.25) is 4.79 Å². The molecular formula is C21H24N4O3. The topological polar surface area (TPSA) is 103 Å². The Morgan fingerprint density at radius 3 is 2.79 bits per heavy atom. The summed E-state index contributed by atoms with van der Waals surface area (Å²) < 4.78 is 10.9. The predicted molar refractivity (Wildman–Crippen MR) is 107 cm³/mol. The number of aromatic nitrogens is 2. The molecule has 0 unspecified atom stereocenters. The molecule has 28 heavy (non-hydrogen) atoms. The lowest BCUT2D eigenvalue weighted by Crippen LogP contribution is -2.14. The molecule has 0 atom stereocenters. The number of fused-ring (bicyclic) bond motifs is 1. The Morgan fingerprint density at radius 1 is 1.32 bits per heavy atom. The largest absolute Gasteiger partial charge is 0.492 e. The number of nitrogens with two attached hydrogens (primary N) is 1. The molecule has 1 aliphatic rings. The van der Waals surface area contributed by atoms with Crippen LogP contribution in [0, 0.1) is 0 Å². The Hall–Kier alpha value is -2.93. The normalized spacial score (nSPS) is 13.6. The van der Waals surface area contributed by atoms with Crippen LogP contribution in [0.25, 0.3) is 11.1 Å². The maximum Gasteiger partial charge on any atom is 0.259 e. The van der Waals surface area contributed by atoms with E-state index >= 15 is 0 Å². The van der Waals surface area contributed by atoms with Gasteiger partial charge in [0, 0.05) is 23.8 Å². The number of ether oxygens (including phenoxy) is 1. The first kappa shape index (κ1) is 18.4. The van der Waals surface area contributed by atoms with Gasteiger partial charge in [0.15, 0.2) is 0 Å². The number of rotatable bonds is 8. The van der Waals surface area contributed by atoms with Gasteiger partial charge in [-0.25, -0.2) is 4.98 Å². The minimum atomic E-state index is -0.189. The number of anilines is 1. The van der Waals surface area contributed by atoms with Crippen molar-refractivity contribution in [1.82, 2.24) is 10.1 Å². The second-order valence-electron chi connectivity index (χ2n) is 7.04. The zero-order chi connectivity index (χ0) is 19.5. The smallest absolute Gasteiger partial charge is 0.259 e. The van der Waals surface area contributed by atoms with Crippen molar-refractivity contribution in [3.63, 3.8) is 0 Å². The molecule has 3 N–H and O–H groups in total. The second kappa shape index (κ2) is 7.98. The van der Waals surface area contributed by atoms with Gasteiger partial charge in [-0.1, -0.05) is 18.5 Å². The Bertz CT molecular complexity index is 977. The van der Waals surface area contributed by atoms with Gasteiger partial charge in [-0.05, 0) is 49.6 Å². The number of hydrogen-bond acceptors (Lipinski definition) is 6. The fourth-order valence-corrected chi connectivity index (χ4v) is 3.21. The SMILES string of the molecule is CCCc1noc2nc(C3CC3)cc(C(=O)Nc3ccc(OCCN)cc3)c12. The molecule has 4 rings (SSSR count). The van der Waals surface area contributed by atoms with Crippen molar-refractivity contribution in [2.45, 2.75) is 38.5 Å². The molecule has 0 spiro atoms.